The van der Waals surface area contributed by atoms with Crippen LogP contribution >= 0.6 is 0 Å². The summed E-state index contributed by atoms with van der Waals surface area (Å²) in [6.45, 7) is 7.92. The number of carbonyl (C=O) groups excluding carboxylic acids is 1. The fourth-order valence-corrected chi connectivity index (χ4v) is 5.76. The Hall–Kier alpha value is -4.64. The molecule has 0 saturated heterocycles. The van der Waals surface area contributed by atoms with Gasteiger partial charge in [-0.25, -0.2) is 13.1 Å². The van der Waals surface area contributed by atoms with E-state index in [1.165, 1.54) is 8.99 Å². The number of ether oxygens (including phenoxy) is 1. The van der Waals surface area contributed by atoms with E-state index in [1.807, 2.05) is 80.6 Å². The maximum absolute atomic E-state index is 13.2. The summed E-state index contributed by atoms with van der Waals surface area (Å²) in [4.78, 5) is 12.6. The van der Waals surface area contributed by atoms with Crippen molar-refractivity contribution in [3.05, 3.63) is 95.8 Å². The lowest BCUT2D eigenvalue weighted by Gasteiger charge is -2.33. The number of carbonyl (C=O) groups is 1. The molecule has 0 spiro atoms. The van der Waals surface area contributed by atoms with Gasteiger partial charge in [0.2, 0.25) is 15.9 Å². The van der Waals surface area contributed by atoms with Gasteiger partial charge in [-0.05, 0) is 63.6 Å². The highest BCUT2D eigenvalue weighted by molar-refractivity contribution is 7.92. The zero-order valence-electron chi connectivity index (χ0n) is 24.2. The van der Waals surface area contributed by atoms with Crippen LogP contribution in [-0.2, 0) is 27.9 Å². The number of benzene rings is 3. The topological polar surface area (TPSA) is 118 Å². The molecule has 2 heterocycles. The number of hydrogen-bond donors (Lipinski definition) is 2. The molecule has 1 aliphatic heterocycles. The van der Waals surface area contributed by atoms with Crippen LogP contribution in [0.1, 0.15) is 37.6 Å². The third-order valence-corrected chi connectivity index (χ3v) is 7.86. The van der Waals surface area contributed by atoms with Gasteiger partial charge in [0.25, 0.3) is 0 Å². The third-order valence-electron chi connectivity index (χ3n) is 6.73. The maximum atomic E-state index is 13.2. The number of rotatable bonds is 9. The molecule has 1 aromatic heterocycles. The number of aryl methyl sites for hydroxylation is 1. The molecule has 1 amide bonds. The Balaban J connectivity index is 1.45. The van der Waals surface area contributed by atoms with Crippen molar-refractivity contribution in [3.8, 4) is 11.5 Å². The lowest BCUT2D eigenvalue weighted by molar-refractivity contribution is -0.116. The van der Waals surface area contributed by atoms with Crippen LogP contribution in [0.15, 0.2) is 79.0 Å². The van der Waals surface area contributed by atoms with Crippen LogP contribution in [0.2, 0.25) is 0 Å². The van der Waals surface area contributed by atoms with Gasteiger partial charge in [0.05, 0.1) is 30.2 Å². The van der Waals surface area contributed by atoms with Crippen LogP contribution in [0, 0.1) is 6.92 Å². The van der Waals surface area contributed by atoms with Crippen molar-refractivity contribution in [2.75, 3.05) is 21.2 Å². The molecule has 11 heteroatoms. The quantitative estimate of drug-likeness (QED) is 0.262. The summed E-state index contributed by atoms with van der Waals surface area (Å²) in [5.41, 5.74) is 4.94. The standard InChI is InChI=1S/C31H34N6O4S/c1-21-11-13-23(14-12-21)32-30(38)20-36-18-24(34-35-36)19-37(42(5,39)40)28-15-26-22(2)17-31(3,4)33-27(26)16-29(28)41-25-9-7-6-8-10-25/h6-18,33H,19-20H2,1-5H3,(H,32,38). The van der Waals surface area contributed by atoms with Crippen LogP contribution in [-0.4, -0.2) is 41.1 Å². The lowest BCUT2D eigenvalue weighted by Crippen LogP contribution is -2.33. The molecule has 10 nitrogen and oxygen atoms in total. The molecule has 42 heavy (non-hydrogen) atoms. The number of anilines is 3. The summed E-state index contributed by atoms with van der Waals surface area (Å²) in [7, 11) is -3.80. The molecule has 0 unspecified atom stereocenters. The van der Waals surface area contributed by atoms with Gasteiger partial charge < -0.3 is 15.4 Å². The largest absolute Gasteiger partial charge is 0.455 e. The smallest absolute Gasteiger partial charge is 0.246 e. The predicted octanol–water partition coefficient (Wildman–Crippen LogP) is 5.59. The first kappa shape index (κ1) is 28.9. The second kappa shape index (κ2) is 11.3. The highest BCUT2D eigenvalue weighted by Crippen LogP contribution is 2.43. The fourth-order valence-electron chi connectivity index (χ4n) is 4.89. The number of aromatic nitrogens is 3. The second-order valence-corrected chi connectivity index (χ2v) is 13.0. The van der Waals surface area contributed by atoms with E-state index in [2.05, 4.69) is 40.9 Å². The number of nitrogens with zero attached hydrogens (tertiary/aromatic N) is 4. The summed E-state index contributed by atoms with van der Waals surface area (Å²) in [5, 5.41) is 14.6. The normalized spacial score (nSPS) is 13.9. The first-order valence-electron chi connectivity index (χ1n) is 13.5. The molecule has 1 aliphatic rings. The molecule has 3 aromatic carbocycles. The maximum Gasteiger partial charge on any atom is 0.246 e. The number of nitrogens with one attached hydrogen (secondary N) is 2. The van der Waals surface area contributed by atoms with Gasteiger partial charge >= 0.3 is 0 Å². The van der Waals surface area contributed by atoms with Crippen molar-refractivity contribution in [3.63, 3.8) is 0 Å². The second-order valence-electron chi connectivity index (χ2n) is 11.0. The molecule has 5 rings (SSSR count). The molecule has 4 aromatic rings. The molecule has 218 valence electrons. The zero-order valence-corrected chi connectivity index (χ0v) is 25.1. The Kier molecular flexibility index (Phi) is 7.79. The van der Waals surface area contributed by atoms with E-state index < -0.39 is 10.0 Å². The van der Waals surface area contributed by atoms with Crippen molar-refractivity contribution >= 4 is 38.6 Å². The van der Waals surface area contributed by atoms with Crippen molar-refractivity contribution in [1.29, 1.82) is 0 Å². The monoisotopic (exact) mass is 586 g/mol. The lowest BCUT2D eigenvalue weighted by atomic mass is 9.91. The van der Waals surface area contributed by atoms with Gasteiger partial charge in [-0.3, -0.25) is 9.10 Å². The Morgan fingerprint density at radius 3 is 2.48 bits per heavy atom. The van der Waals surface area contributed by atoms with E-state index in [4.69, 9.17) is 4.74 Å². The van der Waals surface area contributed by atoms with E-state index in [0.717, 1.165) is 28.6 Å². The Labute approximate surface area is 246 Å². The van der Waals surface area contributed by atoms with E-state index in [-0.39, 0.29) is 24.5 Å². The summed E-state index contributed by atoms with van der Waals surface area (Å²) in [6, 6.07) is 20.3. The van der Waals surface area contributed by atoms with Crippen LogP contribution in [0.3, 0.4) is 0 Å². The van der Waals surface area contributed by atoms with E-state index >= 15 is 0 Å². The first-order chi connectivity index (χ1) is 19.9. The van der Waals surface area contributed by atoms with Gasteiger partial charge in [0, 0.05) is 23.0 Å². The molecule has 0 bridgehead atoms. The third kappa shape index (κ3) is 6.80. The molecule has 0 fully saturated rings. The number of allylic oxidation sites excluding steroid dienone is 1. The zero-order chi connectivity index (χ0) is 30.1. The molecule has 2 N–H and O–H groups in total. The van der Waals surface area contributed by atoms with Gasteiger partial charge in [-0.1, -0.05) is 47.2 Å². The van der Waals surface area contributed by atoms with Crippen molar-refractivity contribution < 1.29 is 17.9 Å². The molecular formula is C31H34N6O4S. The van der Waals surface area contributed by atoms with E-state index in [1.54, 1.807) is 6.20 Å². The van der Waals surface area contributed by atoms with Gasteiger partial charge in [-0.2, -0.15) is 0 Å². The highest BCUT2D eigenvalue weighted by Gasteiger charge is 2.29. The average Bonchev–Trinajstić information content (AvgIpc) is 3.34. The van der Waals surface area contributed by atoms with E-state index in [0.29, 0.717) is 28.6 Å². The van der Waals surface area contributed by atoms with Crippen LogP contribution < -0.4 is 19.7 Å². The van der Waals surface area contributed by atoms with Gasteiger partial charge in [0.15, 0.2) is 5.75 Å². The van der Waals surface area contributed by atoms with Crippen LogP contribution in [0.25, 0.3) is 5.57 Å². The predicted molar refractivity (Wildman–Crippen MR) is 165 cm³/mol. The van der Waals surface area contributed by atoms with Gasteiger partial charge in [-0.15, -0.1) is 5.10 Å². The number of hydrogen-bond acceptors (Lipinski definition) is 7. The minimum absolute atomic E-state index is 0.0770. The molecule has 0 saturated carbocycles. The van der Waals surface area contributed by atoms with Gasteiger partial charge in [0.1, 0.15) is 18.0 Å². The van der Waals surface area contributed by atoms with Crippen LogP contribution in [0.4, 0.5) is 17.1 Å². The first-order valence-corrected chi connectivity index (χ1v) is 15.3. The average molecular weight is 587 g/mol. The minimum atomic E-state index is -3.80. The highest BCUT2D eigenvalue weighted by atomic mass is 32.2. The minimum Gasteiger partial charge on any atom is -0.455 e. The van der Waals surface area contributed by atoms with Crippen molar-refractivity contribution in [2.24, 2.45) is 0 Å². The summed E-state index contributed by atoms with van der Waals surface area (Å²) in [5.74, 6) is 0.662. The van der Waals surface area contributed by atoms with Crippen LogP contribution in [0.5, 0.6) is 11.5 Å². The summed E-state index contributed by atoms with van der Waals surface area (Å²) >= 11 is 0. The molecule has 0 atom stereocenters. The number of fused-ring (bicyclic) bond motifs is 1. The Morgan fingerprint density at radius 1 is 1.07 bits per heavy atom. The fraction of sp³-hybridized carbons (Fsp3) is 0.258. The Morgan fingerprint density at radius 2 is 1.79 bits per heavy atom. The number of sulfonamides is 1. The van der Waals surface area contributed by atoms with Crippen molar-refractivity contribution in [2.45, 2.75) is 46.3 Å². The number of amides is 1. The Bertz CT molecular complexity index is 1750. The van der Waals surface area contributed by atoms with E-state index in [9.17, 15) is 13.2 Å². The summed E-state index contributed by atoms with van der Waals surface area (Å²) < 4.78 is 35.3. The molecular weight excluding hydrogens is 552 g/mol. The SMILES string of the molecule is CC1=CC(C)(C)Nc2cc(Oc3ccccc3)c(N(Cc3cn(CC(=O)Nc4ccc(C)cc4)nn3)S(C)(=O)=O)cc21. The molecule has 0 aliphatic carbocycles. The molecule has 0 radical (unpaired) electrons. The number of para-hydroxylation sites is 1. The summed E-state index contributed by atoms with van der Waals surface area (Å²) in [6.07, 6.45) is 4.81. The van der Waals surface area contributed by atoms with Crippen molar-refractivity contribution in [1.82, 2.24) is 15.0 Å².